The van der Waals surface area contributed by atoms with E-state index in [4.69, 9.17) is 0 Å². The first-order chi connectivity index (χ1) is 5.70. The van der Waals surface area contributed by atoms with Crippen molar-refractivity contribution < 1.29 is 4.79 Å². The molecule has 0 aliphatic carbocycles. The molecular weight excluding hydrogens is 168 g/mol. The van der Waals surface area contributed by atoms with Crippen molar-refractivity contribution in [3.8, 4) is 0 Å². The summed E-state index contributed by atoms with van der Waals surface area (Å²) in [4.78, 5) is 12.3. The minimum atomic E-state index is 0.215. The largest absolute Gasteiger partial charge is 0.300 e. The maximum absolute atomic E-state index is 10.9. The molecule has 1 heterocycles. The number of carbonyl (C=O) groups excluding carboxylic acids is 1. The van der Waals surface area contributed by atoms with Crippen molar-refractivity contribution in [2.45, 2.75) is 26.7 Å². The number of ketones is 1. The third-order valence-electron chi connectivity index (χ3n) is 2.10. The monoisotopic (exact) mass is 182 g/mol. The Kier molecular flexibility index (Phi) is 3.48. The molecule has 0 aliphatic heterocycles. The summed E-state index contributed by atoms with van der Waals surface area (Å²) < 4.78 is 0. The fourth-order valence-electron chi connectivity index (χ4n) is 1.02. The maximum atomic E-state index is 10.9. The Hall–Kier alpha value is -0.630. The van der Waals surface area contributed by atoms with Crippen LogP contribution in [-0.2, 0) is 11.2 Å². The van der Waals surface area contributed by atoms with Crippen molar-refractivity contribution in [1.29, 1.82) is 0 Å². The van der Waals surface area contributed by atoms with Crippen LogP contribution in [0.15, 0.2) is 17.5 Å². The third-order valence-corrected chi connectivity index (χ3v) is 3.03. The molecule has 0 amide bonds. The Balaban J connectivity index is 2.31. The molecule has 0 saturated carbocycles. The number of rotatable bonds is 4. The average molecular weight is 182 g/mol. The van der Waals surface area contributed by atoms with Crippen LogP contribution < -0.4 is 0 Å². The molecule has 1 aromatic rings. The van der Waals surface area contributed by atoms with Gasteiger partial charge in [0.25, 0.3) is 0 Å². The van der Waals surface area contributed by atoms with Gasteiger partial charge in [0.1, 0.15) is 5.78 Å². The third kappa shape index (κ3) is 2.78. The van der Waals surface area contributed by atoms with E-state index in [0.717, 1.165) is 12.8 Å². The Labute approximate surface area is 77.4 Å². The molecule has 0 spiro atoms. The van der Waals surface area contributed by atoms with E-state index in [0.29, 0.717) is 5.78 Å². The summed E-state index contributed by atoms with van der Waals surface area (Å²) in [7, 11) is 0. The van der Waals surface area contributed by atoms with E-state index >= 15 is 0 Å². The molecule has 1 aromatic heterocycles. The number of thiophene rings is 1. The van der Waals surface area contributed by atoms with Gasteiger partial charge < -0.3 is 0 Å². The normalized spacial score (nSPS) is 12.8. The zero-order valence-electron chi connectivity index (χ0n) is 7.54. The van der Waals surface area contributed by atoms with E-state index in [1.807, 2.05) is 6.92 Å². The van der Waals surface area contributed by atoms with Gasteiger partial charge in [-0.2, -0.15) is 0 Å². The van der Waals surface area contributed by atoms with Crippen molar-refractivity contribution in [3.63, 3.8) is 0 Å². The molecule has 66 valence electrons. The molecule has 0 aromatic carbocycles. The average Bonchev–Trinajstić information content (AvgIpc) is 2.51. The summed E-state index contributed by atoms with van der Waals surface area (Å²) in [5, 5.41) is 2.08. The van der Waals surface area contributed by atoms with Gasteiger partial charge in [-0.3, -0.25) is 4.79 Å². The zero-order valence-corrected chi connectivity index (χ0v) is 8.36. The zero-order chi connectivity index (χ0) is 8.97. The van der Waals surface area contributed by atoms with Gasteiger partial charge in [-0.25, -0.2) is 0 Å². The molecule has 1 nitrogen and oxygen atoms in total. The standard InChI is InChI=1S/C10H14OS/c1-8(9(2)11)5-6-10-4-3-7-12-10/h3-4,7-8H,5-6H2,1-2H3. The molecule has 0 bridgehead atoms. The lowest BCUT2D eigenvalue weighted by atomic mass is 10.0. The van der Waals surface area contributed by atoms with Crippen molar-refractivity contribution in [1.82, 2.24) is 0 Å². The Morgan fingerprint density at radius 1 is 1.67 bits per heavy atom. The smallest absolute Gasteiger partial charge is 0.132 e. The van der Waals surface area contributed by atoms with Crippen LogP contribution in [-0.4, -0.2) is 5.78 Å². The highest BCUT2D eigenvalue weighted by atomic mass is 32.1. The molecule has 1 rings (SSSR count). The fourth-order valence-corrected chi connectivity index (χ4v) is 1.74. The SMILES string of the molecule is CC(=O)C(C)CCc1cccs1. The predicted octanol–water partition coefficient (Wildman–Crippen LogP) is 2.91. The first kappa shape index (κ1) is 9.46. The number of hydrogen-bond acceptors (Lipinski definition) is 2. The summed E-state index contributed by atoms with van der Waals surface area (Å²) in [6, 6.07) is 4.18. The van der Waals surface area contributed by atoms with Gasteiger partial charge >= 0.3 is 0 Å². The summed E-state index contributed by atoms with van der Waals surface area (Å²) in [5.74, 6) is 0.513. The molecule has 1 atom stereocenters. The topological polar surface area (TPSA) is 17.1 Å². The number of carbonyl (C=O) groups is 1. The van der Waals surface area contributed by atoms with Gasteiger partial charge in [0.05, 0.1) is 0 Å². The van der Waals surface area contributed by atoms with E-state index in [1.165, 1.54) is 4.88 Å². The first-order valence-electron chi connectivity index (χ1n) is 4.23. The van der Waals surface area contributed by atoms with Gasteiger partial charge in [0.15, 0.2) is 0 Å². The van der Waals surface area contributed by atoms with Gasteiger partial charge in [0.2, 0.25) is 0 Å². The second kappa shape index (κ2) is 4.41. The second-order valence-corrected chi connectivity index (χ2v) is 4.16. The van der Waals surface area contributed by atoms with Crippen molar-refractivity contribution >= 4 is 17.1 Å². The molecule has 1 unspecified atom stereocenters. The van der Waals surface area contributed by atoms with Crippen molar-refractivity contribution in [2.24, 2.45) is 5.92 Å². The van der Waals surface area contributed by atoms with Crippen LogP contribution in [0, 0.1) is 5.92 Å². The Morgan fingerprint density at radius 3 is 2.92 bits per heavy atom. The van der Waals surface area contributed by atoms with Crippen LogP contribution in [0.1, 0.15) is 25.1 Å². The number of aryl methyl sites for hydroxylation is 1. The molecular formula is C10H14OS. The van der Waals surface area contributed by atoms with Gasteiger partial charge in [0, 0.05) is 10.8 Å². The minimum absolute atomic E-state index is 0.215. The lowest BCUT2D eigenvalue weighted by Crippen LogP contribution is -2.06. The quantitative estimate of drug-likeness (QED) is 0.699. The number of Topliss-reactive ketones (excluding diaryl/α,β-unsaturated/α-hetero) is 1. The lowest BCUT2D eigenvalue weighted by Gasteiger charge is -2.04. The molecule has 0 N–H and O–H groups in total. The van der Waals surface area contributed by atoms with Crippen LogP contribution in [0.4, 0.5) is 0 Å². The molecule has 0 aliphatic rings. The van der Waals surface area contributed by atoms with Gasteiger partial charge in [-0.05, 0) is 31.2 Å². The van der Waals surface area contributed by atoms with E-state index < -0.39 is 0 Å². The van der Waals surface area contributed by atoms with Crippen LogP contribution in [0.2, 0.25) is 0 Å². The summed E-state index contributed by atoms with van der Waals surface area (Å²) >= 11 is 1.77. The van der Waals surface area contributed by atoms with Gasteiger partial charge in [-0.15, -0.1) is 11.3 Å². The molecule has 0 radical (unpaired) electrons. The Bertz CT molecular complexity index is 238. The van der Waals surface area contributed by atoms with E-state index in [-0.39, 0.29) is 5.92 Å². The minimum Gasteiger partial charge on any atom is -0.300 e. The first-order valence-corrected chi connectivity index (χ1v) is 5.11. The van der Waals surface area contributed by atoms with Crippen LogP contribution in [0.25, 0.3) is 0 Å². The van der Waals surface area contributed by atoms with E-state index in [9.17, 15) is 4.79 Å². The lowest BCUT2D eigenvalue weighted by molar-refractivity contribution is -0.120. The highest BCUT2D eigenvalue weighted by molar-refractivity contribution is 7.09. The second-order valence-electron chi connectivity index (χ2n) is 3.13. The summed E-state index contributed by atoms with van der Waals surface area (Å²) in [6.07, 6.45) is 2.02. The molecule has 0 fully saturated rings. The maximum Gasteiger partial charge on any atom is 0.132 e. The summed E-state index contributed by atoms with van der Waals surface area (Å²) in [5.41, 5.74) is 0. The van der Waals surface area contributed by atoms with Crippen LogP contribution in [0.3, 0.4) is 0 Å². The van der Waals surface area contributed by atoms with Gasteiger partial charge in [-0.1, -0.05) is 13.0 Å². The van der Waals surface area contributed by atoms with Crippen LogP contribution in [0.5, 0.6) is 0 Å². The van der Waals surface area contributed by atoms with Crippen LogP contribution >= 0.6 is 11.3 Å². The fraction of sp³-hybridized carbons (Fsp3) is 0.500. The highest BCUT2D eigenvalue weighted by Gasteiger charge is 2.07. The van der Waals surface area contributed by atoms with E-state index in [2.05, 4.69) is 17.5 Å². The number of hydrogen-bond donors (Lipinski definition) is 0. The molecule has 2 heteroatoms. The summed E-state index contributed by atoms with van der Waals surface area (Å²) in [6.45, 7) is 3.66. The van der Waals surface area contributed by atoms with Crippen molar-refractivity contribution in [2.75, 3.05) is 0 Å². The highest BCUT2D eigenvalue weighted by Crippen LogP contribution is 2.14. The van der Waals surface area contributed by atoms with E-state index in [1.54, 1.807) is 18.3 Å². The molecule has 12 heavy (non-hydrogen) atoms. The predicted molar refractivity (Wildman–Crippen MR) is 52.5 cm³/mol. The molecule has 0 saturated heterocycles. The Morgan fingerprint density at radius 2 is 2.42 bits per heavy atom. The van der Waals surface area contributed by atoms with Crippen molar-refractivity contribution in [3.05, 3.63) is 22.4 Å².